The normalized spacial score (nSPS) is 11.8. The van der Waals surface area contributed by atoms with Crippen molar-refractivity contribution in [3.63, 3.8) is 0 Å². The molecule has 180 valence electrons. The van der Waals surface area contributed by atoms with E-state index >= 15 is 0 Å². The first-order valence-corrected chi connectivity index (χ1v) is 9.19. The van der Waals surface area contributed by atoms with Crippen molar-refractivity contribution in [1.29, 1.82) is 0 Å². The van der Waals surface area contributed by atoms with E-state index in [4.69, 9.17) is 4.74 Å². The van der Waals surface area contributed by atoms with Crippen molar-refractivity contribution in [3.05, 3.63) is 65.4 Å². The minimum Gasteiger partial charge on any atom is -0.465 e. The fourth-order valence-corrected chi connectivity index (χ4v) is 3.07. The lowest BCUT2D eigenvalue weighted by atomic mass is 10.0. The summed E-state index contributed by atoms with van der Waals surface area (Å²) < 4.78 is 92.3. The standard InChI is InChI=1S/C21H14F6N2O5/c1-32-18(30)15-16(28-29(17(15)19(31)33-2)12-6-4-3-5-7-12)11-8-9-14(34-21(25,26)27)13(10-11)20(22,23)24/h3-10H,1-2H3. The highest BCUT2D eigenvalue weighted by molar-refractivity contribution is 6.06. The zero-order valence-corrected chi connectivity index (χ0v) is 17.3. The molecule has 34 heavy (non-hydrogen) atoms. The SMILES string of the molecule is COC(=O)c1c(-c2ccc(OC(F)(F)F)c(C(F)(F)F)c2)nn(-c2ccccc2)c1C(=O)OC. The van der Waals surface area contributed by atoms with E-state index < -0.39 is 58.3 Å². The Labute approximate surface area is 187 Å². The lowest BCUT2D eigenvalue weighted by Crippen LogP contribution is -2.20. The summed E-state index contributed by atoms with van der Waals surface area (Å²) in [5.41, 5.74) is -3.42. The van der Waals surface area contributed by atoms with Crippen molar-refractivity contribution in [2.45, 2.75) is 12.5 Å². The average molecular weight is 488 g/mol. The van der Waals surface area contributed by atoms with E-state index in [1.807, 2.05) is 0 Å². The minimum absolute atomic E-state index is 0.243. The van der Waals surface area contributed by atoms with Crippen LogP contribution in [0.5, 0.6) is 5.75 Å². The third-order valence-corrected chi connectivity index (χ3v) is 4.44. The van der Waals surface area contributed by atoms with E-state index in [0.29, 0.717) is 12.1 Å². The van der Waals surface area contributed by atoms with Crippen LogP contribution in [-0.2, 0) is 15.7 Å². The number of hydrogen-bond acceptors (Lipinski definition) is 6. The van der Waals surface area contributed by atoms with Gasteiger partial charge in [-0.05, 0) is 30.3 Å². The number of hydrogen-bond donors (Lipinski definition) is 0. The Balaban J connectivity index is 2.34. The van der Waals surface area contributed by atoms with Gasteiger partial charge in [0, 0.05) is 5.56 Å². The number of carbonyl (C=O) groups is 2. The van der Waals surface area contributed by atoms with Crippen molar-refractivity contribution in [2.75, 3.05) is 14.2 Å². The lowest BCUT2D eigenvalue weighted by Gasteiger charge is -2.16. The monoisotopic (exact) mass is 488 g/mol. The number of nitrogens with zero attached hydrogens (tertiary/aromatic N) is 2. The summed E-state index contributed by atoms with van der Waals surface area (Å²) in [5, 5.41) is 4.10. The Morgan fingerprint density at radius 3 is 2.03 bits per heavy atom. The summed E-state index contributed by atoms with van der Waals surface area (Å²) in [6.07, 6.45) is -10.6. The van der Waals surface area contributed by atoms with E-state index in [1.54, 1.807) is 18.2 Å². The molecule has 3 aromatic rings. The maximum absolute atomic E-state index is 13.5. The number of alkyl halides is 6. The quantitative estimate of drug-likeness (QED) is 0.370. The number of aromatic nitrogens is 2. The molecule has 7 nitrogen and oxygen atoms in total. The van der Waals surface area contributed by atoms with Crippen LogP contribution < -0.4 is 4.74 Å². The highest BCUT2D eigenvalue weighted by atomic mass is 19.4. The van der Waals surface area contributed by atoms with Crippen LogP contribution in [0.15, 0.2) is 48.5 Å². The number of rotatable bonds is 5. The molecule has 0 aliphatic carbocycles. The molecule has 0 fully saturated rings. The van der Waals surface area contributed by atoms with E-state index in [0.717, 1.165) is 25.0 Å². The first-order valence-electron chi connectivity index (χ1n) is 9.19. The summed E-state index contributed by atoms with van der Waals surface area (Å²) >= 11 is 0. The molecule has 0 unspecified atom stereocenters. The number of benzene rings is 2. The molecule has 0 aliphatic heterocycles. The fourth-order valence-electron chi connectivity index (χ4n) is 3.07. The molecule has 0 N–H and O–H groups in total. The molecular weight excluding hydrogens is 474 g/mol. The molecule has 3 rings (SSSR count). The zero-order chi connectivity index (χ0) is 25.3. The first-order chi connectivity index (χ1) is 15.9. The Kier molecular flexibility index (Phi) is 6.57. The van der Waals surface area contributed by atoms with Crippen LogP contribution in [0.2, 0.25) is 0 Å². The predicted molar refractivity (Wildman–Crippen MR) is 103 cm³/mol. The van der Waals surface area contributed by atoms with Gasteiger partial charge in [0.25, 0.3) is 0 Å². The van der Waals surface area contributed by atoms with E-state index in [9.17, 15) is 35.9 Å². The molecule has 1 aromatic heterocycles. The zero-order valence-electron chi connectivity index (χ0n) is 17.3. The number of halogens is 6. The minimum atomic E-state index is -5.38. The Hall–Kier alpha value is -4.03. The second-order valence-electron chi connectivity index (χ2n) is 6.56. The van der Waals surface area contributed by atoms with Gasteiger partial charge in [0.15, 0.2) is 5.69 Å². The van der Waals surface area contributed by atoms with Crippen molar-refractivity contribution in [3.8, 4) is 22.7 Å². The fraction of sp³-hybridized carbons (Fsp3) is 0.190. The Bertz CT molecular complexity index is 1220. The summed E-state index contributed by atoms with van der Waals surface area (Å²) in [6.45, 7) is 0. The summed E-state index contributed by atoms with van der Waals surface area (Å²) in [6, 6.07) is 9.36. The molecule has 2 aromatic carbocycles. The average Bonchev–Trinajstić information content (AvgIpc) is 3.17. The second-order valence-corrected chi connectivity index (χ2v) is 6.56. The molecular formula is C21H14F6N2O5. The Morgan fingerprint density at radius 1 is 0.882 bits per heavy atom. The molecule has 0 radical (unpaired) electrons. The maximum Gasteiger partial charge on any atom is 0.573 e. The lowest BCUT2D eigenvalue weighted by molar-refractivity contribution is -0.276. The topological polar surface area (TPSA) is 79.7 Å². The van der Waals surface area contributed by atoms with Gasteiger partial charge in [0.2, 0.25) is 0 Å². The van der Waals surface area contributed by atoms with Gasteiger partial charge in [-0.1, -0.05) is 18.2 Å². The van der Waals surface area contributed by atoms with Crippen LogP contribution in [0.4, 0.5) is 26.3 Å². The van der Waals surface area contributed by atoms with Crippen LogP contribution in [0, 0.1) is 0 Å². The number of methoxy groups -OCH3 is 2. The van der Waals surface area contributed by atoms with E-state index in [2.05, 4.69) is 14.6 Å². The van der Waals surface area contributed by atoms with Gasteiger partial charge in [-0.2, -0.15) is 18.3 Å². The summed E-state index contributed by atoms with van der Waals surface area (Å²) in [7, 11) is 1.98. The molecule has 0 atom stereocenters. The van der Waals surface area contributed by atoms with Crippen LogP contribution in [0.25, 0.3) is 16.9 Å². The van der Waals surface area contributed by atoms with E-state index in [-0.39, 0.29) is 5.69 Å². The molecule has 13 heteroatoms. The van der Waals surface area contributed by atoms with Gasteiger partial charge in [-0.15, -0.1) is 13.2 Å². The maximum atomic E-state index is 13.5. The van der Waals surface area contributed by atoms with Crippen LogP contribution >= 0.6 is 0 Å². The predicted octanol–water partition coefficient (Wildman–Crippen LogP) is 5.03. The van der Waals surface area contributed by atoms with Crippen LogP contribution in [0.1, 0.15) is 26.4 Å². The van der Waals surface area contributed by atoms with Crippen LogP contribution in [-0.4, -0.2) is 42.3 Å². The third-order valence-electron chi connectivity index (χ3n) is 4.44. The molecule has 0 amide bonds. The molecule has 0 saturated heterocycles. The molecule has 0 spiro atoms. The van der Waals surface area contributed by atoms with Crippen molar-refractivity contribution >= 4 is 11.9 Å². The van der Waals surface area contributed by atoms with Gasteiger partial charge >= 0.3 is 24.5 Å². The van der Waals surface area contributed by atoms with Crippen molar-refractivity contribution < 1.29 is 50.1 Å². The number of ether oxygens (including phenoxy) is 3. The molecule has 0 bridgehead atoms. The summed E-state index contributed by atoms with van der Waals surface area (Å²) in [5.74, 6) is -3.70. The molecule has 1 heterocycles. The van der Waals surface area contributed by atoms with Gasteiger partial charge < -0.3 is 14.2 Å². The third kappa shape index (κ3) is 4.97. The molecule has 0 saturated carbocycles. The highest BCUT2D eigenvalue weighted by Gasteiger charge is 2.40. The van der Waals surface area contributed by atoms with Gasteiger partial charge in [0.05, 0.1) is 25.5 Å². The first kappa shape index (κ1) is 24.6. The van der Waals surface area contributed by atoms with Crippen molar-refractivity contribution in [1.82, 2.24) is 9.78 Å². The number of esters is 2. The Morgan fingerprint density at radius 2 is 1.50 bits per heavy atom. The van der Waals surface area contributed by atoms with Crippen molar-refractivity contribution in [2.24, 2.45) is 0 Å². The summed E-state index contributed by atoms with van der Waals surface area (Å²) in [4.78, 5) is 25.1. The van der Waals surface area contributed by atoms with E-state index in [1.165, 1.54) is 12.1 Å². The largest absolute Gasteiger partial charge is 0.573 e. The second kappa shape index (κ2) is 9.08. The van der Waals surface area contributed by atoms with Gasteiger partial charge in [-0.3, -0.25) is 0 Å². The smallest absolute Gasteiger partial charge is 0.465 e. The number of carbonyl (C=O) groups excluding carboxylic acids is 2. The molecule has 0 aliphatic rings. The van der Waals surface area contributed by atoms with Gasteiger partial charge in [-0.25, -0.2) is 14.3 Å². The van der Waals surface area contributed by atoms with Crippen LogP contribution in [0.3, 0.4) is 0 Å². The number of para-hydroxylation sites is 1. The van der Waals surface area contributed by atoms with Gasteiger partial charge in [0.1, 0.15) is 17.0 Å². The highest BCUT2D eigenvalue weighted by Crippen LogP contribution is 2.41.